The van der Waals surface area contributed by atoms with E-state index in [9.17, 15) is 0 Å². The molecule has 4 nitrogen and oxygen atoms in total. The van der Waals surface area contributed by atoms with Crippen molar-refractivity contribution in [3.05, 3.63) is 22.8 Å². The van der Waals surface area contributed by atoms with E-state index in [-0.39, 0.29) is 0 Å². The van der Waals surface area contributed by atoms with Crippen molar-refractivity contribution in [3.63, 3.8) is 0 Å². The van der Waals surface area contributed by atoms with Crippen LogP contribution in [0, 0.1) is 0 Å². The van der Waals surface area contributed by atoms with E-state index in [4.69, 9.17) is 11.6 Å². The van der Waals surface area contributed by atoms with Crippen molar-refractivity contribution in [3.8, 4) is 0 Å². The second-order valence-corrected chi connectivity index (χ2v) is 5.96. The Hall–Kier alpha value is -0.840. The summed E-state index contributed by atoms with van der Waals surface area (Å²) in [6, 6.07) is 4.56. The van der Waals surface area contributed by atoms with Crippen molar-refractivity contribution >= 4 is 17.4 Å². The van der Waals surface area contributed by atoms with Gasteiger partial charge < -0.3 is 5.32 Å². The molecule has 0 aromatic carbocycles. The van der Waals surface area contributed by atoms with E-state index in [1.54, 1.807) is 0 Å². The van der Waals surface area contributed by atoms with E-state index < -0.39 is 0 Å². The SMILES string of the molecule is CCNc1ccc(Cl)c(CN2CCC(N(CC)CC)C2)n1. The maximum atomic E-state index is 6.30. The highest BCUT2D eigenvalue weighted by atomic mass is 35.5. The average molecular weight is 311 g/mol. The van der Waals surface area contributed by atoms with Crippen LogP contribution in [0.1, 0.15) is 32.9 Å². The van der Waals surface area contributed by atoms with E-state index in [0.717, 1.165) is 55.8 Å². The number of nitrogens with one attached hydrogen (secondary N) is 1. The Morgan fingerprint density at radius 3 is 2.76 bits per heavy atom. The van der Waals surface area contributed by atoms with Crippen LogP contribution in [-0.2, 0) is 6.54 Å². The first-order valence-corrected chi connectivity index (χ1v) is 8.41. The molecule has 1 aromatic heterocycles. The molecule has 1 aliphatic heterocycles. The van der Waals surface area contributed by atoms with E-state index in [1.165, 1.54) is 6.42 Å². The van der Waals surface area contributed by atoms with Gasteiger partial charge in [0, 0.05) is 32.2 Å². The van der Waals surface area contributed by atoms with Gasteiger partial charge in [0.25, 0.3) is 0 Å². The van der Waals surface area contributed by atoms with Gasteiger partial charge in [-0.3, -0.25) is 9.80 Å². The lowest BCUT2D eigenvalue weighted by molar-refractivity contribution is 0.208. The molecule has 0 bridgehead atoms. The van der Waals surface area contributed by atoms with Gasteiger partial charge in [-0.2, -0.15) is 0 Å². The molecule has 0 radical (unpaired) electrons. The summed E-state index contributed by atoms with van der Waals surface area (Å²) in [6.45, 7) is 12.8. The van der Waals surface area contributed by atoms with Crippen molar-refractivity contribution in [1.29, 1.82) is 0 Å². The van der Waals surface area contributed by atoms with Crippen LogP contribution in [0.3, 0.4) is 0 Å². The average Bonchev–Trinajstić information content (AvgIpc) is 2.93. The molecule has 2 rings (SSSR count). The van der Waals surface area contributed by atoms with Gasteiger partial charge >= 0.3 is 0 Å². The summed E-state index contributed by atoms with van der Waals surface area (Å²) in [6.07, 6.45) is 1.24. The molecule has 1 fully saturated rings. The van der Waals surface area contributed by atoms with Crippen molar-refractivity contribution in [2.45, 2.75) is 39.8 Å². The molecule has 0 saturated carbocycles. The Balaban J connectivity index is 1.98. The molecule has 118 valence electrons. The van der Waals surface area contributed by atoms with Crippen molar-refractivity contribution < 1.29 is 0 Å². The molecule has 1 N–H and O–H groups in total. The molecule has 2 heterocycles. The molecular formula is C16H27ClN4. The normalized spacial score (nSPS) is 19.4. The molecule has 1 unspecified atom stereocenters. The summed E-state index contributed by atoms with van der Waals surface area (Å²) in [4.78, 5) is 9.65. The highest BCUT2D eigenvalue weighted by Crippen LogP contribution is 2.22. The highest BCUT2D eigenvalue weighted by molar-refractivity contribution is 6.31. The van der Waals surface area contributed by atoms with Crippen LogP contribution in [0.15, 0.2) is 12.1 Å². The Labute approximate surface area is 133 Å². The van der Waals surface area contributed by atoms with Gasteiger partial charge in [0.2, 0.25) is 0 Å². The minimum absolute atomic E-state index is 0.677. The number of pyridine rings is 1. The first-order valence-electron chi connectivity index (χ1n) is 8.03. The third-order valence-electron chi connectivity index (χ3n) is 4.23. The van der Waals surface area contributed by atoms with Gasteiger partial charge in [0.1, 0.15) is 5.82 Å². The lowest BCUT2D eigenvalue weighted by Crippen LogP contribution is -2.37. The molecule has 21 heavy (non-hydrogen) atoms. The lowest BCUT2D eigenvalue weighted by Gasteiger charge is -2.26. The van der Waals surface area contributed by atoms with Gasteiger partial charge in [0.05, 0.1) is 10.7 Å². The molecule has 0 aliphatic carbocycles. The summed E-state index contributed by atoms with van der Waals surface area (Å²) in [5.41, 5.74) is 0.982. The zero-order chi connectivity index (χ0) is 15.2. The summed E-state index contributed by atoms with van der Waals surface area (Å²) in [5, 5.41) is 4.02. The van der Waals surface area contributed by atoms with Crippen LogP contribution < -0.4 is 5.32 Å². The van der Waals surface area contributed by atoms with Crippen LogP contribution in [0.2, 0.25) is 5.02 Å². The van der Waals surface area contributed by atoms with E-state index in [2.05, 4.69) is 40.9 Å². The summed E-state index contributed by atoms with van der Waals surface area (Å²) < 4.78 is 0. The molecule has 0 amide bonds. The fraction of sp³-hybridized carbons (Fsp3) is 0.688. The first-order chi connectivity index (χ1) is 10.2. The van der Waals surface area contributed by atoms with Crippen molar-refractivity contribution in [2.75, 3.05) is 38.0 Å². The zero-order valence-electron chi connectivity index (χ0n) is 13.4. The smallest absolute Gasteiger partial charge is 0.126 e. The number of hydrogen-bond donors (Lipinski definition) is 1. The number of likely N-dealkylation sites (tertiary alicyclic amines) is 1. The number of halogens is 1. The Kier molecular flexibility index (Phi) is 6.27. The van der Waals surface area contributed by atoms with Gasteiger partial charge in [0.15, 0.2) is 0 Å². The Morgan fingerprint density at radius 1 is 1.33 bits per heavy atom. The third kappa shape index (κ3) is 4.31. The number of anilines is 1. The van der Waals surface area contributed by atoms with Gasteiger partial charge in [-0.1, -0.05) is 25.4 Å². The molecule has 1 saturated heterocycles. The predicted molar refractivity (Wildman–Crippen MR) is 90.0 cm³/mol. The number of nitrogens with zero attached hydrogens (tertiary/aromatic N) is 3. The predicted octanol–water partition coefficient (Wildman–Crippen LogP) is 3.08. The van der Waals surface area contributed by atoms with Gasteiger partial charge in [-0.05, 0) is 38.6 Å². The minimum Gasteiger partial charge on any atom is -0.370 e. The lowest BCUT2D eigenvalue weighted by atomic mass is 10.2. The monoisotopic (exact) mass is 310 g/mol. The maximum absolute atomic E-state index is 6.30. The molecule has 0 spiro atoms. The summed E-state index contributed by atoms with van der Waals surface area (Å²) >= 11 is 6.30. The Bertz CT molecular complexity index is 448. The zero-order valence-corrected chi connectivity index (χ0v) is 14.2. The summed E-state index contributed by atoms with van der Waals surface area (Å²) in [7, 11) is 0. The minimum atomic E-state index is 0.677. The van der Waals surface area contributed by atoms with Crippen LogP contribution >= 0.6 is 11.6 Å². The van der Waals surface area contributed by atoms with E-state index in [1.807, 2.05) is 12.1 Å². The number of aromatic nitrogens is 1. The number of rotatable bonds is 7. The van der Waals surface area contributed by atoms with Gasteiger partial charge in [-0.25, -0.2) is 4.98 Å². The largest absolute Gasteiger partial charge is 0.370 e. The molecule has 1 atom stereocenters. The van der Waals surface area contributed by atoms with E-state index >= 15 is 0 Å². The number of likely N-dealkylation sites (N-methyl/N-ethyl adjacent to an activating group) is 1. The highest BCUT2D eigenvalue weighted by Gasteiger charge is 2.26. The van der Waals surface area contributed by atoms with Crippen LogP contribution in [0.4, 0.5) is 5.82 Å². The van der Waals surface area contributed by atoms with Crippen molar-refractivity contribution in [2.24, 2.45) is 0 Å². The number of hydrogen-bond acceptors (Lipinski definition) is 4. The third-order valence-corrected chi connectivity index (χ3v) is 4.57. The fourth-order valence-corrected chi connectivity index (χ4v) is 3.25. The van der Waals surface area contributed by atoms with Crippen molar-refractivity contribution in [1.82, 2.24) is 14.8 Å². The first kappa shape index (κ1) is 16.5. The van der Waals surface area contributed by atoms with Gasteiger partial charge in [-0.15, -0.1) is 0 Å². The fourth-order valence-electron chi connectivity index (χ4n) is 3.08. The van der Waals surface area contributed by atoms with Crippen LogP contribution in [-0.4, -0.2) is 53.5 Å². The van der Waals surface area contributed by atoms with E-state index in [0.29, 0.717) is 6.04 Å². The molecule has 1 aliphatic rings. The molecular weight excluding hydrogens is 284 g/mol. The molecule has 1 aromatic rings. The van der Waals surface area contributed by atoms with Crippen LogP contribution in [0.25, 0.3) is 0 Å². The second kappa shape index (κ2) is 7.97. The molecule has 5 heteroatoms. The quantitative estimate of drug-likeness (QED) is 0.838. The Morgan fingerprint density at radius 2 is 2.10 bits per heavy atom. The second-order valence-electron chi connectivity index (χ2n) is 5.55. The van der Waals surface area contributed by atoms with Crippen LogP contribution in [0.5, 0.6) is 0 Å². The standard InChI is InChI=1S/C16H27ClN4/c1-4-18-16-8-7-14(17)15(19-16)12-20-10-9-13(11-20)21(5-2)6-3/h7-8,13H,4-6,9-12H2,1-3H3,(H,18,19). The topological polar surface area (TPSA) is 31.4 Å². The summed E-state index contributed by atoms with van der Waals surface area (Å²) in [5.74, 6) is 0.913. The maximum Gasteiger partial charge on any atom is 0.126 e.